The average Bonchev–Trinajstić information content (AvgIpc) is 2.29. The van der Waals surface area contributed by atoms with Gasteiger partial charge in [-0.15, -0.1) is 0 Å². The zero-order valence-corrected chi connectivity index (χ0v) is 11.2. The molecule has 8 heteroatoms. The highest BCUT2D eigenvalue weighted by Gasteiger charge is 2.01. The van der Waals surface area contributed by atoms with Crippen LogP contribution in [0.5, 0.6) is 0 Å². The molecule has 19 heavy (non-hydrogen) atoms. The Bertz CT molecular complexity index is 512. The Morgan fingerprint density at radius 1 is 1.32 bits per heavy atom. The van der Waals surface area contributed by atoms with Crippen molar-refractivity contribution in [2.45, 2.75) is 6.54 Å². The van der Waals surface area contributed by atoms with Crippen LogP contribution < -0.4 is 10.6 Å². The molecule has 1 aromatic carbocycles. The minimum absolute atomic E-state index is 0.0950. The van der Waals surface area contributed by atoms with E-state index in [1.54, 1.807) is 24.3 Å². The largest absolute Gasteiger partial charge is 0.480 e. The second kappa shape index (κ2) is 7.07. The summed E-state index contributed by atoms with van der Waals surface area (Å²) < 4.78 is 26.0. The van der Waals surface area contributed by atoms with Gasteiger partial charge in [-0.25, -0.2) is 4.18 Å². The Hall–Kier alpha value is -1.64. The van der Waals surface area contributed by atoms with E-state index in [9.17, 15) is 13.2 Å². The van der Waals surface area contributed by atoms with Crippen LogP contribution in [0.2, 0.25) is 0 Å². The summed E-state index contributed by atoms with van der Waals surface area (Å²) in [7, 11) is -3.45. The van der Waals surface area contributed by atoms with Gasteiger partial charge in [0.15, 0.2) is 0 Å². The SMILES string of the molecule is CS(=O)(=O)OCNc1ccc(CNCC(=O)O)cc1. The Labute approximate surface area is 111 Å². The molecule has 0 bridgehead atoms. The molecule has 0 saturated heterocycles. The van der Waals surface area contributed by atoms with Crippen molar-refractivity contribution in [3.63, 3.8) is 0 Å². The number of nitrogens with one attached hydrogen (secondary N) is 2. The van der Waals surface area contributed by atoms with E-state index in [2.05, 4.69) is 14.8 Å². The number of anilines is 1. The van der Waals surface area contributed by atoms with Crippen molar-refractivity contribution < 1.29 is 22.5 Å². The molecule has 0 spiro atoms. The van der Waals surface area contributed by atoms with Gasteiger partial charge in [-0.2, -0.15) is 8.42 Å². The van der Waals surface area contributed by atoms with Crippen LogP contribution >= 0.6 is 0 Å². The minimum atomic E-state index is -3.45. The Morgan fingerprint density at radius 3 is 2.47 bits per heavy atom. The minimum Gasteiger partial charge on any atom is -0.480 e. The van der Waals surface area contributed by atoms with Crippen LogP contribution in [0, 0.1) is 0 Å². The molecule has 0 aliphatic carbocycles. The molecule has 0 aliphatic heterocycles. The molecule has 0 radical (unpaired) electrons. The molecule has 0 aromatic heterocycles. The standard InChI is InChI=1S/C11H16N2O5S/c1-19(16,17)18-8-13-10-4-2-9(3-5-10)6-12-7-11(14)15/h2-5,12-13H,6-8H2,1H3,(H,14,15). The maximum Gasteiger partial charge on any atom is 0.317 e. The number of rotatable bonds is 8. The van der Waals surface area contributed by atoms with Crippen molar-refractivity contribution >= 4 is 21.8 Å². The molecule has 0 atom stereocenters. The summed E-state index contributed by atoms with van der Waals surface area (Å²) in [5, 5.41) is 14.0. The summed E-state index contributed by atoms with van der Waals surface area (Å²) in [4.78, 5) is 10.3. The molecule has 106 valence electrons. The highest BCUT2D eigenvalue weighted by atomic mass is 32.2. The fraction of sp³-hybridized carbons (Fsp3) is 0.364. The summed E-state index contributed by atoms with van der Waals surface area (Å²) in [6, 6.07) is 7.11. The van der Waals surface area contributed by atoms with Crippen LogP contribution in [0.15, 0.2) is 24.3 Å². The lowest BCUT2D eigenvalue weighted by Gasteiger charge is -2.07. The summed E-state index contributed by atoms with van der Waals surface area (Å²) in [5.41, 5.74) is 1.64. The van der Waals surface area contributed by atoms with Gasteiger partial charge in [0.1, 0.15) is 6.73 Å². The molecule has 0 aliphatic rings. The maximum absolute atomic E-state index is 10.7. The predicted molar refractivity (Wildman–Crippen MR) is 70.2 cm³/mol. The third-order valence-corrected chi connectivity index (χ3v) is 2.65. The maximum atomic E-state index is 10.7. The third-order valence-electron chi connectivity index (χ3n) is 2.11. The van der Waals surface area contributed by atoms with Crippen molar-refractivity contribution in [3.05, 3.63) is 29.8 Å². The van der Waals surface area contributed by atoms with Gasteiger partial charge in [0, 0.05) is 12.2 Å². The molecule has 0 amide bonds. The summed E-state index contributed by atoms with van der Waals surface area (Å²) in [6.45, 7) is 0.226. The second-order valence-electron chi connectivity index (χ2n) is 3.84. The van der Waals surface area contributed by atoms with Crippen LogP contribution in [0.3, 0.4) is 0 Å². The smallest absolute Gasteiger partial charge is 0.317 e. The van der Waals surface area contributed by atoms with Crippen molar-refractivity contribution in [1.29, 1.82) is 0 Å². The Balaban J connectivity index is 2.37. The van der Waals surface area contributed by atoms with Gasteiger partial charge in [0.25, 0.3) is 10.1 Å². The zero-order valence-electron chi connectivity index (χ0n) is 10.4. The molecule has 3 N–H and O–H groups in total. The predicted octanol–water partition coefficient (Wildman–Crippen LogP) is 0.206. The van der Waals surface area contributed by atoms with Crippen molar-refractivity contribution in [3.8, 4) is 0 Å². The number of hydrogen-bond acceptors (Lipinski definition) is 6. The lowest BCUT2D eigenvalue weighted by atomic mass is 10.2. The first-order valence-corrected chi connectivity index (χ1v) is 7.28. The van der Waals surface area contributed by atoms with E-state index < -0.39 is 16.1 Å². The summed E-state index contributed by atoms with van der Waals surface area (Å²) >= 11 is 0. The fourth-order valence-electron chi connectivity index (χ4n) is 1.27. The van der Waals surface area contributed by atoms with Crippen LogP contribution in [0.25, 0.3) is 0 Å². The second-order valence-corrected chi connectivity index (χ2v) is 5.48. The quantitative estimate of drug-likeness (QED) is 0.464. The molecule has 0 saturated carbocycles. The lowest BCUT2D eigenvalue weighted by Crippen LogP contribution is -2.21. The first kappa shape index (κ1) is 15.4. The number of aliphatic carboxylic acids is 1. The van der Waals surface area contributed by atoms with Gasteiger partial charge in [0.2, 0.25) is 0 Å². The number of benzene rings is 1. The highest BCUT2D eigenvalue weighted by molar-refractivity contribution is 7.85. The number of hydrogen-bond donors (Lipinski definition) is 3. The number of carboxylic acid groups (broad SMARTS) is 1. The molecule has 1 aromatic rings. The third kappa shape index (κ3) is 7.39. The molecule has 7 nitrogen and oxygen atoms in total. The first-order valence-electron chi connectivity index (χ1n) is 5.46. The lowest BCUT2D eigenvalue weighted by molar-refractivity contribution is -0.135. The molecule has 0 unspecified atom stereocenters. The molecule has 0 fully saturated rings. The number of carboxylic acids is 1. The van der Waals surface area contributed by atoms with Gasteiger partial charge >= 0.3 is 5.97 Å². The van der Waals surface area contributed by atoms with E-state index in [-0.39, 0.29) is 13.3 Å². The molecule has 0 heterocycles. The van der Waals surface area contributed by atoms with E-state index in [0.29, 0.717) is 12.2 Å². The Morgan fingerprint density at radius 2 is 1.95 bits per heavy atom. The van der Waals surface area contributed by atoms with Gasteiger partial charge in [-0.3, -0.25) is 4.79 Å². The van der Waals surface area contributed by atoms with E-state index in [0.717, 1.165) is 11.8 Å². The topological polar surface area (TPSA) is 105 Å². The summed E-state index contributed by atoms with van der Waals surface area (Å²) in [6.07, 6.45) is 0.978. The highest BCUT2D eigenvalue weighted by Crippen LogP contribution is 2.09. The molecule has 1 rings (SSSR count). The van der Waals surface area contributed by atoms with Crippen LogP contribution in [0.4, 0.5) is 5.69 Å². The first-order chi connectivity index (χ1) is 8.87. The van der Waals surface area contributed by atoms with E-state index in [1.165, 1.54) is 0 Å². The van der Waals surface area contributed by atoms with Gasteiger partial charge in [-0.1, -0.05) is 12.1 Å². The number of carbonyl (C=O) groups is 1. The van der Waals surface area contributed by atoms with Gasteiger partial charge < -0.3 is 15.7 Å². The van der Waals surface area contributed by atoms with Gasteiger partial charge in [-0.05, 0) is 17.7 Å². The van der Waals surface area contributed by atoms with E-state index in [4.69, 9.17) is 5.11 Å². The fourth-order valence-corrected chi connectivity index (χ4v) is 1.55. The van der Waals surface area contributed by atoms with Gasteiger partial charge in [0.05, 0.1) is 12.8 Å². The zero-order chi connectivity index (χ0) is 14.3. The van der Waals surface area contributed by atoms with Crippen LogP contribution in [-0.4, -0.2) is 39.0 Å². The van der Waals surface area contributed by atoms with E-state index in [1.807, 2.05) is 0 Å². The van der Waals surface area contributed by atoms with Crippen LogP contribution in [-0.2, 0) is 25.6 Å². The molecular formula is C11H16N2O5S. The van der Waals surface area contributed by atoms with Crippen LogP contribution in [0.1, 0.15) is 5.56 Å². The normalized spacial score (nSPS) is 11.2. The summed E-state index contributed by atoms with van der Waals surface area (Å²) in [5.74, 6) is -0.906. The monoisotopic (exact) mass is 288 g/mol. The van der Waals surface area contributed by atoms with E-state index >= 15 is 0 Å². The van der Waals surface area contributed by atoms with Crippen molar-refractivity contribution in [1.82, 2.24) is 5.32 Å². The van der Waals surface area contributed by atoms with Crippen molar-refractivity contribution in [2.75, 3.05) is 24.8 Å². The molecular weight excluding hydrogens is 272 g/mol. The van der Waals surface area contributed by atoms with Crippen molar-refractivity contribution in [2.24, 2.45) is 0 Å². The Kier molecular flexibility index (Phi) is 5.74. The average molecular weight is 288 g/mol.